The second-order valence-electron chi connectivity index (χ2n) is 5.98. The first-order valence-electron chi connectivity index (χ1n) is 7.65. The summed E-state index contributed by atoms with van der Waals surface area (Å²) in [5.74, 6) is 0. The minimum absolute atomic E-state index is 0.228. The first kappa shape index (κ1) is 15.0. The second-order valence-corrected chi connectivity index (χ2v) is 7.02. The zero-order valence-electron chi connectivity index (χ0n) is 13.6. The lowest BCUT2D eigenvalue weighted by molar-refractivity contribution is 0.856. The number of hydrogen-bond acceptors (Lipinski definition) is 4. The summed E-state index contributed by atoms with van der Waals surface area (Å²) in [7, 11) is 0. The van der Waals surface area contributed by atoms with Gasteiger partial charge in [0.1, 0.15) is 0 Å². The van der Waals surface area contributed by atoms with E-state index in [-0.39, 0.29) is 5.56 Å². The highest BCUT2D eigenvalue weighted by atomic mass is 32.2. The Labute approximate surface area is 142 Å². The van der Waals surface area contributed by atoms with E-state index in [0.29, 0.717) is 16.1 Å². The molecule has 2 aromatic heterocycles. The van der Waals surface area contributed by atoms with Crippen molar-refractivity contribution in [3.63, 3.8) is 0 Å². The van der Waals surface area contributed by atoms with Crippen molar-refractivity contribution in [3.05, 3.63) is 63.4 Å². The molecule has 4 aromatic rings. The van der Waals surface area contributed by atoms with Gasteiger partial charge in [0.05, 0.1) is 10.9 Å². The summed E-state index contributed by atoms with van der Waals surface area (Å²) < 4.78 is 1.77. The molecule has 0 unspecified atom stereocenters. The summed E-state index contributed by atoms with van der Waals surface area (Å²) >= 11 is 1.52. The van der Waals surface area contributed by atoms with E-state index in [9.17, 15) is 4.79 Å². The highest BCUT2D eigenvalue weighted by Crippen LogP contribution is 2.31. The third-order valence-electron chi connectivity index (χ3n) is 4.02. The summed E-state index contributed by atoms with van der Waals surface area (Å²) in [4.78, 5) is 17.7. The third-order valence-corrected chi connectivity index (χ3v) is 5.17. The third kappa shape index (κ3) is 2.39. The van der Waals surface area contributed by atoms with E-state index in [1.807, 2.05) is 25.1 Å². The average Bonchev–Trinajstić information content (AvgIpc) is 2.93. The summed E-state index contributed by atoms with van der Waals surface area (Å²) in [5, 5.41) is 8.64. The summed E-state index contributed by atoms with van der Waals surface area (Å²) in [6.07, 6.45) is 0. The van der Waals surface area contributed by atoms with E-state index in [4.69, 9.17) is 0 Å². The first-order chi connectivity index (χ1) is 11.5. The smallest absolute Gasteiger partial charge is 0.267 e. The molecule has 0 saturated heterocycles. The van der Waals surface area contributed by atoms with Crippen LogP contribution in [0.1, 0.15) is 16.7 Å². The second kappa shape index (κ2) is 5.49. The molecule has 0 atom stereocenters. The maximum absolute atomic E-state index is 12.3. The first-order valence-corrected chi connectivity index (χ1v) is 8.47. The van der Waals surface area contributed by atoms with Gasteiger partial charge < -0.3 is 0 Å². The van der Waals surface area contributed by atoms with Crippen molar-refractivity contribution in [1.82, 2.24) is 19.8 Å². The molecule has 0 fully saturated rings. The van der Waals surface area contributed by atoms with Crippen LogP contribution in [0.4, 0.5) is 0 Å². The fourth-order valence-corrected chi connectivity index (χ4v) is 3.68. The molecule has 0 aliphatic carbocycles. The molecule has 5 nitrogen and oxygen atoms in total. The van der Waals surface area contributed by atoms with Crippen LogP contribution in [0.5, 0.6) is 0 Å². The van der Waals surface area contributed by atoms with E-state index in [0.717, 1.165) is 16.0 Å². The number of nitrogens with zero attached hydrogens (tertiary/aromatic N) is 3. The van der Waals surface area contributed by atoms with Crippen molar-refractivity contribution in [3.8, 4) is 0 Å². The topological polar surface area (TPSA) is 63.1 Å². The highest BCUT2D eigenvalue weighted by molar-refractivity contribution is 7.99. The lowest BCUT2D eigenvalue weighted by atomic mass is 10.2. The number of aryl methyl sites for hydroxylation is 3. The van der Waals surface area contributed by atoms with Crippen molar-refractivity contribution in [2.24, 2.45) is 0 Å². The van der Waals surface area contributed by atoms with Crippen LogP contribution >= 0.6 is 11.8 Å². The lowest BCUT2D eigenvalue weighted by Crippen LogP contribution is -2.10. The van der Waals surface area contributed by atoms with E-state index >= 15 is 0 Å². The molecule has 4 rings (SSSR count). The van der Waals surface area contributed by atoms with Crippen molar-refractivity contribution >= 4 is 28.3 Å². The Kier molecular flexibility index (Phi) is 3.42. The number of rotatable bonds is 2. The van der Waals surface area contributed by atoms with Gasteiger partial charge in [0, 0.05) is 4.90 Å². The fourth-order valence-electron chi connectivity index (χ4n) is 2.80. The molecular weight excluding hydrogens is 320 g/mol. The molecule has 0 bridgehead atoms. The van der Waals surface area contributed by atoms with Gasteiger partial charge in [-0.1, -0.05) is 35.5 Å². The Bertz CT molecular complexity index is 1140. The highest BCUT2D eigenvalue weighted by Gasteiger charge is 2.14. The van der Waals surface area contributed by atoms with Gasteiger partial charge in [-0.3, -0.25) is 4.79 Å². The molecule has 0 amide bonds. The standard InChI is InChI=1S/C18H16N4OS/c1-10-5-7-15(12(3)8-10)24-18-16-19-17(23)13-6-4-11(2)9-14(13)22(16)21-20-18/h4-9,21H,1-3H3. The van der Waals surface area contributed by atoms with Gasteiger partial charge in [0.15, 0.2) is 10.7 Å². The normalized spacial score (nSPS) is 11.5. The zero-order chi connectivity index (χ0) is 16.8. The Morgan fingerprint density at radius 2 is 1.79 bits per heavy atom. The number of nitrogens with one attached hydrogen (secondary N) is 1. The van der Waals surface area contributed by atoms with Crippen LogP contribution in [0.25, 0.3) is 16.6 Å². The van der Waals surface area contributed by atoms with Crippen LogP contribution in [-0.2, 0) is 0 Å². The molecular formula is C18H16N4OS. The monoisotopic (exact) mass is 336 g/mol. The van der Waals surface area contributed by atoms with Gasteiger partial charge in [0.25, 0.3) is 5.56 Å². The number of aromatic nitrogens is 4. The van der Waals surface area contributed by atoms with Crippen LogP contribution in [0.2, 0.25) is 0 Å². The van der Waals surface area contributed by atoms with Gasteiger partial charge >= 0.3 is 0 Å². The van der Waals surface area contributed by atoms with E-state index in [1.165, 1.54) is 22.9 Å². The number of fused-ring (bicyclic) bond motifs is 3. The molecule has 0 radical (unpaired) electrons. The largest absolute Gasteiger partial charge is 0.281 e. The minimum Gasteiger partial charge on any atom is -0.267 e. The van der Waals surface area contributed by atoms with Crippen LogP contribution in [0.15, 0.2) is 51.1 Å². The summed E-state index contributed by atoms with van der Waals surface area (Å²) in [5.41, 5.74) is 4.61. The van der Waals surface area contributed by atoms with Crippen molar-refractivity contribution in [2.75, 3.05) is 0 Å². The fraction of sp³-hybridized carbons (Fsp3) is 0.167. The van der Waals surface area contributed by atoms with Crippen molar-refractivity contribution in [1.29, 1.82) is 0 Å². The molecule has 0 aliphatic rings. The molecule has 24 heavy (non-hydrogen) atoms. The molecule has 6 heteroatoms. The number of benzene rings is 2. The maximum Gasteiger partial charge on any atom is 0.281 e. The van der Waals surface area contributed by atoms with E-state index < -0.39 is 0 Å². The minimum atomic E-state index is -0.228. The number of hydrogen-bond donors (Lipinski definition) is 1. The Hall–Kier alpha value is -2.60. The molecule has 0 saturated carbocycles. The quantitative estimate of drug-likeness (QED) is 0.607. The molecule has 2 heterocycles. The molecule has 0 spiro atoms. The summed E-state index contributed by atoms with van der Waals surface area (Å²) in [6.45, 7) is 6.14. The van der Waals surface area contributed by atoms with Crippen molar-refractivity contribution in [2.45, 2.75) is 30.7 Å². The van der Waals surface area contributed by atoms with Gasteiger partial charge in [-0.25, -0.2) is 9.73 Å². The van der Waals surface area contributed by atoms with Crippen LogP contribution in [-0.4, -0.2) is 19.8 Å². The van der Waals surface area contributed by atoms with Gasteiger partial charge in [-0.05, 0) is 50.1 Å². The van der Waals surface area contributed by atoms with E-state index in [2.05, 4.69) is 47.3 Å². The molecule has 0 aliphatic heterocycles. The van der Waals surface area contributed by atoms with Gasteiger partial charge in [0.2, 0.25) is 0 Å². The lowest BCUT2D eigenvalue weighted by Gasteiger charge is -2.05. The Balaban J connectivity index is 1.91. The van der Waals surface area contributed by atoms with Gasteiger partial charge in [-0.15, -0.1) is 5.10 Å². The van der Waals surface area contributed by atoms with Crippen molar-refractivity contribution < 1.29 is 0 Å². The van der Waals surface area contributed by atoms with Gasteiger partial charge in [-0.2, -0.15) is 4.98 Å². The van der Waals surface area contributed by atoms with E-state index in [1.54, 1.807) is 4.52 Å². The van der Waals surface area contributed by atoms with Crippen LogP contribution in [0.3, 0.4) is 0 Å². The number of H-pyrrole nitrogens is 1. The molecule has 2 aromatic carbocycles. The predicted octanol–water partition coefficient (Wildman–Crippen LogP) is 3.65. The number of aromatic amines is 1. The predicted molar refractivity (Wildman–Crippen MR) is 95.9 cm³/mol. The zero-order valence-corrected chi connectivity index (χ0v) is 14.4. The molecule has 1 N–H and O–H groups in total. The summed E-state index contributed by atoms with van der Waals surface area (Å²) in [6, 6.07) is 12.0. The Morgan fingerprint density at radius 3 is 2.58 bits per heavy atom. The van der Waals surface area contributed by atoms with Crippen LogP contribution < -0.4 is 5.56 Å². The Morgan fingerprint density at radius 1 is 1.04 bits per heavy atom. The molecule has 120 valence electrons. The average molecular weight is 336 g/mol. The maximum atomic E-state index is 12.3. The van der Waals surface area contributed by atoms with Crippen LogP contribution in [0, 0.1) is 20.8 Å². The SMILES string of the molecule is Cc1ccc(Sc2n[nH]n3c2nc(=O)c2ccc(C)cc23)c(C)c1.